The Labute approximate surface area is 167 Å². The predicted octanol–water partition coefficient (Wildman–Crippen LogP) is 3.26. The maximum absolute atomic E-state index is 12.2. The molecule has 0 spiro atoms. The summed E-state index contributed by atoms with van der Waals surface area (Å²) in [6.07, 6.45) is 3.59. The number of carbonyl (C=O) groups excluding carboxylic acids is 1. The minimum absolute atomic E-state index is 0.0954. The Bertz CT molecular complexity index is 1070. The van der Waals surface area contributed by atoms with E-state index >= 15 is 0 Å². The first kappa shape index (κ1) is 18.6. The van der Waals surface area contributed by atoms with Gasteiger partial charge in [0.15, 0.2) is 11.5 Å². The first-order valence-electron chi connectivity index (χ1n) is 8.61. The normalized spacial score (nSPS) is 17.2. The van der Waals surface area contributed by atoms with Crippen LogP contribution in [0.15, 0.2) is 42.5 Å². The lowest BCUT2D eigenvalue weighted by molar-refractivity contribution is -0.111. The van der Waals surface area contributed by atoms with E-state index in [0.717, 1.165) is 5.56 Å². The van der Waals surface area contributed by atoms with Crippen molar-refractivity contribution in [2.75, 3.05) is 28.7 Å². The van der Waals surface area contributed by atoms with Gasteiger partial charge >= 0.3 is 0 Å². The monoisotopic (exact) mass is 420 g/mol. The van der Waals surface area contributed by atoms with Crippen LogP contribution >= 0.6 is 11.6 Å². The average molecular weight is 421 g/mol. The van der Waals surface area contributed by atoms with Crippen molar-refractivity contribution < 1.29 is 22.7 Å². The number of sulfonamides is 1. The van der Waals surface area contributed by atoms with Gasteiger partial charge in [0, 0.05) is 18.3 Å². The molecule has 1 fully saturated rings. The van der Waals surface area contributed by atoms with Crippen LogP contribution in [0.2, 0.25) is 5.02 Å². The molecule has 2 aromatic rings. The van der Waals surface area contributed by atoms with Crippen LogP contribution in [0.25, 0.3) is 6.08 Å². The lowest BCUT2D eigenvalue weighted by Crippen LogP contribution is -2.25. The van der Waals surface area contributed by atoms with Crippen molar-refractivity contribution in [1.29, 1.82) is 0 Å². The Kier molecular flexibility index (Phi) is 4.91. The molecule has 2 aliphatic heterocycles. The highest BCUT2D eigenvalue weighted by atomic mass is 35.5. The Morgan fingerprint density at radius 1 is 1.14 bits per heavy atom. The molecule has 0 aliphatic carbocycles. The number of carbonyl (C=O) groups is 1. The summed E-state index contributed by atoms with van der Waals surface area (Å²) in [6.45, 7) is 0.568. The van der Waals surface area contributed by atoms with Crippen LogP contribution in [0.4, 0.5) is 11.4 Å². The molecule has 1 amide bonds. The van der Waals surface area contributed by atoms with Gasteiger partial charge in [-0.05, 0) is 48.4 Å². The summed E-state index contributed by atoms with van der Waals surface area (Å²) in [4.78, 5) is 12.2. The molecule has 7 nitrogen and oxygen atoms in total. The zero-order valence-corrected chi connectivity index (χ0v) is 16.3. The van der Waals surface area contributed by atoms with Crippen LogP contribution in [-0.2, 0) is 14.8 Å². The van der Waals surface area contributed by atoms with Crippen molar-refractivity contribution >= 4 is 45.0 Å². The smallest absolute Gasteiger partial charge is 0.248 e. The summed E-state index contributed by atoms with van der Waals surface area (Å²) < 4.78 is 36.1. The van der Waals surface area contributed by atoms with Crippen LogP contribution < -0.4 is 19.1 Å². The zero-order chi connectivity index (χ0) is 19.7. The van der Waals surface area contributed by atoms with Gasteiger partial charge in [-0.3, -0.25) is 9.10 Å². The largest absolute Gasteiger partial charge is 0.454 e. The SMILES string of the molecule is O=C(/C=C/c1ccc2c(c1)OCO2)Nc1ccc(Cl)c(N2CCCS2(=O)=O)c1. The molecule has 0 aromatic heterocycles. The topological polar surface area (TPSA) is 84.9 Å². The van der Waals surface area contributed by atoms with Gasteiger partial charge in [-0.25, -0.2) is 8.42 Å². The number of hydrogen-bond donors (Lipinski definition) is 1. The number of nitrogens with one attached hydrogen (secondary N) is 1. The molecule has 0 bridgehead atoms. The number of benzene rings is 2. The highest BCUT2D eigenvalue weighted by molar-refractivity contribution is 7.93. The van der Waals surface area contributed by atoms with Gasteiger partial charge in [0.25, 0.3) is 0 Å². The molecule has 0 atom stereocenters. The van der Waals surface area contributed by atoms with Gasteiger partial charge in [-0.1, -0.05) is 17.7 Å². The van der Waals surface area contributed by atoms with E-state index in [1.54, 1.807) is 36.4 Å². The number of amides is 1. The number of fused-ring (bicyclic) bond motifs is 1. The number of ether oxygens (including phenoxy) is 2. The molecule has 2 aromatic carbocycles. The van der Waals surface area contributed by atoms with Crippen LogP contribution in [0.1, 0.15) is 12.0 Å². The van der Waals surface area contributed by atoms with Crippen LogP contribution in [-0.4, -0.2) is 33.4 Å². The number of rotatable bonds is 4. The average Bonchev–Trinajstić information content (AvgIpc) is 3.26. The van der Waals surface area contributed by atoms with E-state index in [1.807, 2.05) is 6.07 Å². The summed E-state index contributed by atoms with van der Waals surface area (Å²) in [5, 5.41) is 3.04. The van der Waals surface area contributed by atoms with Crippen molar-refractivity contribution in [2.24, 2.45) is 0 Å². The van der Waals surface area contributed by atoms with E-state index < -0.39 is 10.0 Å². The molecular weight excluding hydrogens is 404 g/mol. The Balaban J connectivity index is 1.48. The molecule has 1 saturated heterocycles. The zero-order valence-electron chi connectivity index (χ0n) is 14.7. The van der Waals surface area contributed by atoms with Crippen molar-refractivity contribution in [3.63, 3.8) is 0 Å². The van der Waals surface area contributed by atoms with Crippen molar-refractivity contribution in [3.05, 3.63) is 53.1 Å². The minimum Gasteiger partial charge on any atom is -0.454 e. The molecule has 0 saturated carbocycles. The van der Waals surface area contributed by atoms with E-state index in [1.165, 1.54) is 10.4 Å². The van der Waals surface area contributed by atoms with Gasteiger partial charge in [-0.15, -0.1) is 0 Å². The molecule has 2 heterocycles. The summed E-state index contributed by atoms with van der Waals surface area (Å²) in [5.74, 6) is 1.05. The summed E-state index contributed by atoms with van der Waals surface area (Å²) >= 11 is 6.17. The fraction of sp³-hybridized carbons (Fsp3) is 0.211. The summed E-state index contributed by atoms with van der Waals surface area (Å²) in [5.41, 5.74) is 1.62. The third-order valence-corrected chi connectivity index (χ3v) is 6.58. The molecule has 0 unspecified atom stereocenters. The second kappa shape index (κ2) is 7.37. The minimum atomic E-state index is -3.36. The molecule has 0 radical (unpaired) electrons. The molecule has 28 heavy (non-hydrogen) atoms. The van der Waals surface area contributed by atoms with Crippen LogP contribution in [0.5, 0.6) is 11.5 Å². The van der Waals surface area contributed by atoms with Crippen LogP contribution in [0.3, 0.4) is 0 Å². The third kappa shape index (κ3) is 3.79. The van der Waals surface area contributed by atoms with Crippen molar-refractivity contribution in [3.8, 4) is 11.5 Å². The fourth-order valence-corrected chi connectivity index (χ4v) is 4.91. The van der Waals surface area contributed by atoms with E-state index in [0.29, 0.717) is 40.9 Å². The standard InChI is InChI=1S/C19H17ClN2O5S/c20-15-5-4-14(11-16(15)22-8-1-9-28(22,24)25)21-19(23)7-3-13-2-6-17-18(10-13)27-12-26-17/h2-7,10-11H,1,8-9,12H2,(H,21,23)/b7-3+. The first-order chi connectivity index (χ1) is 13.4. The van der Waals surface area contributed by atoms with Crippen LogP contribution in [0, 0.1) is 0 Å². The van der Waals surface area contributed by atoms with E-state index in [9.17, 15) is 13.2 Å². The van der Waals surface area contributed by atoms with Gasteiger partial charge in [0.2, 0.25) is 22.7 Å². The second-order valence-electron chi connectivity index (χ2n) is 6.34. The third-order valence-electron chi connectivity index (χ3n) is 4.41. The van der Waals surface area contributed by atoms with E-state index in [2.05, 4.69) is 5.32 Å². The molecule has 146 valence electrons. The quantitative estimate of drug-likeness (QED) is 0.767. The summed E-state index contributed by atoms with van der Waals surface area (Å²) in [7, 11) is -3.36. The molecule has 9 heteroatoms. The number of anilines is 2. The lowest BCUT2D eigenvalue weighted by atomic mass is 10.2. The Hall–Kier alpha value is -2.71. The van der Waals surface area contributed by atoms with Crippen molar-refractivity contribution in [2.45, 2.75) is 6.42 Å². The summed E-state index contributed by atoms with van der Waals surface area (Å²) in [6, 6.07) is 10.1. The number of nitrogens with zero attached hydrogens (tertiary/aromatic N) is 1. The molecular formula is C19H17ClN2O5S. The molecule has 2 aliphatic rings. The maximum atomic E-state index is 12.2. The maximum Gasteiger partial charge on any atom is 0.248 e. The molecule has 1 N–H and O–H groups in total. The highest BCUT2D eigenvalue weighted by Gasteiger charge is 2.30. The van der Waals surface area contributed by atoms with Gasteiger partial charge < -0.3 is 14.8 Å². The van der Waals surface area contributed by atoms with E-state index in [-0.39, 0.29) is 18.5 Å². The first-order valence-corrected chi connectivity index (χ1v) is 10.6. The van der Waals surface area contributed by atoms with E-state index in [4.69, 9.17) is 21.1 Å². The van der Waals surface area contributed by atoms with Gasteiger partial charge in [0.05, 0.1) is 16.5 Å². The fourth-order valence-electron chi connectivity index (χ4n) is 3.06. The Morgan fingerprint density at radius 3 is 2.75 bits per heavy atom. The number of hydrogen-bond acceptors (Lipinski definition) is 5. The second-order valence-corrected chi connectivity index (χ2v) is 8.76. The van der Waals surface area contributed by atoms with Crippen molar-refractivity contribution in [1.82, 2.24) is 0 Å². The number of halogens is 1. The Morgan fingerprint density at radius 2 is 1.96 bits per heavy atom. The lowest BCUT2D eigenvalue weighted by Gasteiger charge is -2.19. The molecule has 4 rings (SSSR count). The van der Waals surface area contributed by atoms with Gasteiger partial charge in [0.1, 0.15) is 0 Å². The predicted molar refractivity (Wildman–Crippen MR) is 107 cm³/mol. The highest BCUT2D eigenvalue weighted by Crippen LogP contribution is 2.34. The van der Waals surface area contributed by atoms with Gasteiger partial charge in [-0.2, -0.15) is 0 Å².